The molecular formula is C15H10ClNO. The van der Waals surface area contributed by atoms with Crippen molar-refractivity contribution in [3.05, 3.63) is 60.2 Å². The quantitative estimate of drug-likeness (QED) is 0.298. The fraction of sp³-hybridized carbons (Fsp3) is 0. The maximum absolute atomic E-state index is 8.96. The second-order valence-electron chi connectivity index (χ2n) is 4.08. The van der Waals surface area contributed by atoms with Gasteiger partial charge < -0.3 is 5.21 Å². The van der Waals surface area contributed by atoms with Gasteiger partial charge in [0.1, 0.15) is 0 Å². The monoisotopic (exact) mass is 255 g/mol. The Kier molecular flexibility index (Phi) is 2.65. The molecule has 0 amide bonds. The third-order valence-electron chi connectivity index (χ3n) is 3.07. The number of halogens is 1. The first-order valence-corrected chi connectivity index (χ1v) is 5.97. The molecule has 0 radical (unpaired) electrons. The van der Waals surface area contributed by atoms with E-state index in [9.17, 15) is 0 Å². The first-order chi connectivity index (χ1) is 8.81. The summed E-state index contributed by atoms with van der Waals surface area (Å²) >= 11 is 6.05. The number of rotatable bonds is 1. The molecule has 0 aliphatic rings. The number of hydrogen-bond acceptors (Lipinski definition) is 2. The molecular weight excluding hydrogens is 246 g/mol. The summed E-state index contributed by atoms with van der Waals surface area (Å²) in [6.07, 6.45) is 0. The van der Waals surface area contributed by atoms with Crippen molar-refractivity contribution in [2.45, 2.75) is 0 Å². The lowest BCUT2D eigenvalue weighted by Gasteiger charge is -2.09. The van der Waals surface area contributed by atoms with Crippen molar-refractivity contribution in [3.63, 3.8) is 0 Å². The third-order valence-corrected chi connectivity index (χ3v) is 3.33. The van der Waals surface area contributed by atoms with Crippen LogP contribution >= 0.6 is 11.6 Å². The van der Waals surface area contributed by atoms with Crippen molar-refractivity contribution in [1.29, 1.82) is 0 Å². The van der Waals surface area contributed by atoms with Gasteiger partial charge in [0, 0.05) is 5.56 Å². The average Bonchev–Trinajstić information content (AvgIpc) is 2.44. The lowest BCUT2D eigenvalue weighted by molar-refractivity contribution is 0.321. The van der Waals surface area contributed by atoms with Crippen molar-refractivity contribution in [2.24, 2.45) is 5.16 Å². The maximum Gasteiger partial charge on any atom is 0.176 e. The predicted octanol–water partition coefficient (Wildman–Crippen LogP) is 4.37. The minimum absolute atomic E-state index is 0.114. The molecule has 0 aliphatic heterocycles. The van der Waals surface area contributed by atoms with Crippen molar-refractivity contribution in [3.8, 4) is 0 Å². The zero-order valence-electron chi connectivity index (χ0n) is 9.47. The van der Waals surface area contributed by atoms with E-state index >= 15 is 0 Å². The van der Waals surface area contributed by atoms with Crippen LogP contribution in [0.3, 0.4) is 0 Å². The highest BCUT2D eigenvalue weighted by Crippen LogP contribution is 2.29. The van der Waals surface area contributed by atoms with Gasteiger partial charge in [-0.1, -0.05) is 65.3 Å². The highest BCUT2D eigenvalue weighted by molar-refractivity contribution is 6.71. The summed E-state index contributed by atoms with van der Waals surface area (Å²) in [5, 5.41) is 16.3. The van der Waals surface area contributed by atoms with Crippen molar-refractivity contribution in [1.82, 2.24) is 0 Å². The second kappa shape index (κ2) is 4.31. The van der Waals surface area contributed by atoms with Crippen LogP contribution in [0, 0.1) is 0 Å². The van der Waals surface area contributed by atoms with Crippen LogP contribution in [0.2, 0.25) is 0 Å². The molecule has 0 spiro atoms. The van der Waals surface area contributed by atoms with Gasteiger partial charge in [0.2, 0.25) is 0 Å². The summed E-state index contributed by atoms with van der Waals surface area (Å²) in [5.41, 5.74) is 0.771. The Morgan fingerprint density at radius 1 is 0.889 bits per heavy atom. The number of hydrogen-bond donors (Lipinski definition) is 1. The molecule has 1 N–H and O–H groups in total. The molecule has 0 unspecified atom stereocenters. The van der Waals surface area contributed by atoms with Gasteiger partial charge in [-0.3, -0.25) is 0 Å². The van der Waals surface area contributed by atoms with Gasteiger partial charge in [0.25, 0.3) is 0 Å². The largest absolute Gasteiger partial charge is 0.410 e. The van der Waals surface area contributed by atoms with Crippen molar-refractivity contribution < 1.29 is 5.21 Å². The number of fused-ring (bicyclic) bond motifs is 2. The van der Waals surface area contributed by atoms with E-state index in [1.54, 1.807) is 0 Å². The van der Waals surface area contributed by atoms with E-state index in [0.717, 1.165) is 27.1 Å². The van der Waals surface area contributed by atoms with Gasteiger partial charge in [-0.25, -0.2) is 0 Å². The molecule has 0 atom stereocenters. The molecule has 0 heterocycles. The second-order valence-corrected chi connectivity index (χ2v) is 4.44. The number of nitrogens with zero attached hydrogens (tertiary/aromatic N) is 1. The molecule has 2 nitrogen and oxygen atoms in total. The van der Waals surface area contributed by atoms with Crippen LogP contribution in [0.25, 0.3) is 21.5 Å². The molecule has 0 bridgehead atoms. The van der Waals surface area contributed by atoms with E-state index in [4.69, 9.17) is 16.8 Å². The summed E-state index contributed by atoms with van der Waals surface area (Å²) in [7, 11) is 0. The topological polar surface area (TPSA) is 32.6 Å². The Morgan fingerprint density at radius 2 is 1.39 bits per heavy atom. The molecule has 3 heteroatoms. The number of oxime groups is 1. The summed E-state index contributed by atoms with van der Waals surface area (Å²) in [5.74, 6) is 0. The minimum atomic E-state index is 0.114. The van der Waals surface area contributed by atoms with E-state index in [1.807, 2.05) is 48.5 Å². The zero-order chi connectivity index (χ0) is 12.5. The summed E-state index contributed by atoms with van der Waals surface area (Å²) < 4.78 is 0. The average molecular weight is 256 g/mol. The fourth-order valence-corrected chi connectivity index (χ4v) is 2.49. The van der Waals surface area contributed by atoms with Crippen LogP contribution in [-0.2, 0) is 0 Å². The van der Waals surface area contributed by atoms with Crippen LogP contribution in [0.4, 0.5) is 0 Å². The highest BCUT2D eigenvalue weighted by atomic mass is 35.5. The van der Waals surface area contributed by atoms with Crippen LogP contribution < -0.4 is 0 Å². The Bertz CT molecular complexity index is 711. The van der Waals surface area contributed by atoms with Gasteiger partial charge in [-0.15, -0.1) is 0 Å². The van der Waals surface area contributed by atoms with Crippen LogP contribution in [0.15, 0.2) is 59.8 Å². The standard InChI is InChI=1S/C15H10ClNO/c16-15(17-18)14-12-7-3-1-5-10(12)9-11-6-2-4-8-13(11)14/h1-9,18H/b17-15+. The summed E-state index contributed by atoms with van der Waals surface area (Å²) in [6.45, 7) is 0. The molecule has 18 heavy (non-hydrogen) atoms. The SMILES string of the molecule is O/N=C(/Cl)c1c2ccccc2cc2ccccc12. The lowest BCUT2D eigenvalue weighted by atomic mass is 9.97. The summed E-state index contributed by atoms with van der Waals surface area (Å²) in [4.78, 5) is 0. The van der Waals surface area contributed by atoms with Crippen LogP contribution in [0.1, 0.15) is 5.56 Å². The van der Waals surface area contributed by atoms with Gasteiger partial charge >= 0.3 is 0 Å². The van der Waals surface area contributed by atoms with E-state index in [2.05, 4.69) is 11.2 Å². The van der Waals surface area contributed by atoms with Crippen LogP contribution in [0.5, 0.6) is 0 Å². The van der Waals surface area contributed by atoms with Crippen molar-refractivity contribution in [2.75, 3.05) is 0 Å². The zero-order valence-corrected chi connectivity index (χ0v) is 10.2. The lowest BCUT2D eigenvalue weighted by Crippen LogP contribution is -1.95. The first-order valence-electron chi connectivity index (χ1n) is 5.59. The smallest absolute Gasteiger partial charge is 0.176 e. The van der Waals surface area contributed by atoms with Gasteiger partial charge in [0.15, 0.2) is 5.17 Å². The molecule has 0 aliphatic carbocycles. The summed E-state index contributed by atoms with van der Waals surface area (Å²) in [6, 6.07) is 17.9. The first kappa shape index (κ1) is 11.1. The van der Waals surface area contributed by atoms with Gasteiger partial charge in [-0.05, 0) is 27.6 Å². The molecule has 88 valence electrons. The van der Waals surface area contributed by atoms with Gasteiger partial charge in [0.05, 0.1) is 0 Å². The fourth-order valence-electron chi connectivity index (χ4n) is 2.29. The molecule has 3 aromatic rings. The van der Waals surface area contributed by atoms with E-state index in [0.29, 0.717) is 0 Å². The highest BCUT2D eigenvalue weighted by Gasteiger charge is 2.11. The van der Waals surface area contributed by atoms with E-state index < -0.39 is 0 Å². The van der Waals surface area contributed by atoms with E-state index in [-0.39, 0.29) is 5.17 Å². The molecule has 0 saturated heterocycles. The molecule has 3 rings (SSSR count). The molecule has 0 saturated carbocycles. The van der Waals surface area contributed by atoms with E-state index in [1.165, 1.54) is 0 Å². The number of benzene rings is 3. The third kappa shape index (κ3) is 1.62. The Labute approximate surface area is 109 Å². The predicted molar refractivity (Wildman–Crippen MR) is 75.6 cm³/mol. The maximum atomic E-state index is 8.96. The van der Waals surface area contributed by atoms with Gasteiger partial charge in [-0.2, -0.15) is 0 Å². The molecule has 0 aromatic heterocycles. The van der Waals surface area contributed by atoms with Crippen molar-refractivity contribution >= 4 is 38.3 Å². The molecule has 0 fully saturated rings. The van der Waals surface area contributed by atoms with Crippen LogP contribution in [-0.4, -0.2) is 10.4 Å². The normalized spacial score (nSPS) is 12.2. The Balaban J connectivity index is 2.58. The molecule has 3 aromatic carbocycles. The Hall–Kier alpha value is -2.06. The minimum Gasteiger partial charge on any atom is -0.410 e. The Morgan fingerprint density at radius 3 is 1.89 bits per heavy atom.